The van der Waals surface area contributed by atoms with E-state index in [9.17, 15) is 4.79 Å². The Morgan fingerprint density at radius 2 is 1.91 bits per heavy atom. The first kappa shape index (κ1) is 17.2. The molecule has 0 saturated heterocycles. The van der Waals surface area contributed by atoms with E-state index < -0.39 is 0 Å². The standard InChI is InChI=1S/C18H26N4O/c1-4-15(5-2)18(23)19-11-10-16-20-17(22-21-16)12-14-8-6-13(3)7-9-14/h6-9,15H,4-5,10-12H2,1-3H3,(H,19,23)(H,20,21,22). The van der Waals surface area contributed by atoms with Gasteiger partial charge in [-0.15, -0.1) is 0 Å². The third kappa shape index (κ3) is 5.20. The number of amides is 1. The van der Waals surface area contributed by atoms with Crippen LogP contribution >= 0.6 is 0 Å². The Bertz CT molecular complexity index is 614. The number of aromatic nitrogens is 3. The van der Waals surface area contributed by atoms with Crippen LogP contribution < -0.4 is 5.32 Å². The predicted molar refractivity (Wildman–Crippen MR) is 91.2 cm³/mol. The molecule has 0 aliphatic heterocycles. The molecule has 23 heavy (non-hydrogen) atoms. The number of rotatable bonds is 8. The summed E-state index contributed by atoms with van der Waals surface area (Å²) in [4.78, 5) is 16.4. The highest BCUT2D eigenvalue weighted by atomic mass is 16.1. The summed E-state index contributed by atoms with van der Waals surface area (Å²) in [6.07, 6.45) is 3.15. The first-order chi connectivity index (χ1) is 11.1. The zero-order valence-electron chi connectivity index (χ0n) is 14.2. The Morgan fingerprint density at radius 3 is 2.57 bits per heavy atom. The number of aryl methyl sites for hydroxylation is 1. The molecule has 2 N–H and O–H groups in total. The van der Waals surface area contributed by atoms with Gasteiger partial charge in [-0.2, -0.15) is 5.10 Å². The summed E-state index contributed by atoms with van der Waals surface area (Å²) in [6, 6.07) is 8.40. The molecule has 5 nitrogen and oxygen atoms in total. The molecule has 124 valence electrons. The van der Waals surface area contributed by atoms with Crippen molar-refractivity contribution in [1.82, 2.24) is 20.5 Å². The van der Waals surface area contributed by atoms with Gasteiger partial charge in [0.15, 0.2) is 5.82 Å². The Balaban J connectivity index is 1.80. The van der Waals surface area contributed by atoms with Gasteiger partial charge in [-0.3, -0.25) is 9.89 Å². The normalized spacial score (nSPS) is 11.0. The maximum absolute atomic E-state index is 11.9. The van der Waals surface area contributed by atoms with Crippen molar-refractivity contribution in [3.8, 4) is 0 Å². The molecule has 2 aromatic rings. The van der Waals surface area contributed by atoms with Gasteiger partial charge in [0.05, 0.1) is 0 Å². The van der Waals surface area contributed by atoms with Crippen molar-refractivity contribution in [3.63, 3.8) is 0 Å². The molecule has 1 amide bonds. The Morgan fingerprint density at radius 1 is 1.22 bits per heavy atom. The second kappa shape index (κ2) is 8.46. The van der Waals surface area contributed by atoms with Gasteiger partial charge in [-0.25, -0.2) is 4.98 Å². The number of aromatic amines is 1. The van der Waals surface area contributed by atoms with E-state index >= 15 is 0 Å². The number of H-pyrrole nitrogens is 1. The van der Waals surface area contributed by atoms with Gasteiger partial charge >= 0.3 is 0 Å². The fourth-order valence-electron chi connectivity index (χ4n) is 2.53. The van der Waals surface area contributed by atoms with Gasteiger partial charge in [0.2, 0.25) is 5.91 Å². The van der Waals surface area contributed by atoms with E-state index in [0.29, 0.717) is 13.0 Å². The maximum atomic E-state index is 11.9. The molecule has 1 heterocycles. The zero-order chi connectivity index (χ0) is 16.7. The summed E-state index contributed by atoms with van der Waals surface area (Å²) < 4.78 is 0. The van der Waals surface area contributed by atoms with Crippen molar-refractivity contribution in [2.45, 2.75) is 46.5 Å². The highest BCUT2D eigenvalue weighted by molar-refractivity contribution is 5.78. The molecule has 5 heteroatoms. The van der Waals surface area contributed by atoms with Crippen LogP contribution in [0.3, 0.4) is 0 Å². The first-order valence-electron chi connectivity index (χ1n) is 8.35. The fourth-order valence-corrected chi connectivity index (χ4v) is 2.53. The molecule has 1 aromatic carbocycles. The molecule has 0 fully saturated rings. The lowest BCUT2D eigenvalue weighted by atomic mass is 10.0. The van der Waals surface area contributed by atoms with E-state index in [2.05, 4.69) is 51.7 Å². The van der Waals surface area contributed by atoms with E-state index in [0.717, 1.165) is 30.9 Å². The van der Waals surface area contributed by atoms with Crippen LogP contribution in [-0.2, 0) is 17.6 Å². The molecule has 0 bridgehead atoms. The van der Waals surface area contributed by atoms with E-state index in [1.807, 2.05) is 13.8 Å². The van der Waals surface area contributed by atoms with Crippen LogP contribution in [0.15, 0.2) is 24.3 Å². The van der Waals surface area contributed by atoms with Gasteiger partial charge in [0.1, 0.15) is 5.82 Å². The summed E-state index contributed by atoms with van der Waals surface area (Å²) in [5.41, 5.74) is 2.46. The van der Waals surface area contributed by atoms with Gasteiger partial charge in [-0.05, 0) is 25.3 Å². The Labute approximate surface area is 137 Å². The number of carbonyl (C=O) groups excluding carboxylic acids is 1. The molecule has 0 spiro atoms. The Kier molecular flexibility index (Phi) is 6.32. The summed E-state index contributed by atoms with van der Waals surface area (Å²) in [5, 5.41) is 10.2. The van der Waals surface area contributed by atoms with Crippen molar-refractivity contribution in [3.05, 3.63) is 47.0 Å². The van der Waals surface area contributed by atoms with Gasteiger partial charge < -0.3 is 5.32 Å². The van der Waals surface area contributed by atoms with Crippen LogP contribution in [0.5, 0.6) is 0 Å². The quantitative estimate of drug-likeness (QED) is 0.787. The van der Waals surface area contributed by atoms with Crippen LogP contribution in [-0.4, -0.2) is 27.6 Å². The van der Waals surface area contributed by atoms with Crippen molar-refractivity contribution in [2.75, 3.05) is 6.54 Å². The minimum Gasteiger partial charge on any atom is -0.355 e. The fraction of sp³-hybridized carbons (Fsp3) is 0.500. The first-order valence-corrected chi connectivity index (χ1v) is 8.35. The molecule has 0 unspecified atom stereocenters. The van der Waals surface area contributed by atoms with Crippen LogP contribution in [0.1, 0.15) is 49.5 Å². The van der Waals surface area contributed by atoms with Crippen LogP contribution in [0, 0.1) is 12.8 Å². The molecule has 0 aliphatic rings. The molecular formula is C18H26N4O. The summed E-state index contributed by atoms with van der Waals surface area (Å²) in [6.45, 7) is 6.74. The number of nitrogens with zero attached hydrogens (tertiary/aromatic N) is 2. The van der Waals surface area contributed by atoms with Crippen molar-refractivity contribution in [1.29, 1.82) is 0 Å². The number of hydrogen-bond acceptors (Lipinski definition) is 3. The highest BCUT2D eigenvalue weighted by Gasteiger charge is 2.13. The Hall–Kier alpha value is -2.17. The molecule has 0 atom stereocenters. The molecule has 0 radical (unpaired) electrons. The third-order valence-corrected chi connectivity index (χ3v) is 4.07. The van der Waals surface area contributed by atoms with Gasteiger partial charge in [-0.1, -0.05) is 43.7 Å². The monoisotopic (exact) mass is 314 g/mol. The molecule has 0 aliphatic carbocycles. The summed E-state index contributed by atoms with van der Waals surface area (Å²) in [7, 11) is 0. The zero-order valence-corrected chi connectivity index (χ0v) is 14.2. The summed E-state index contributed by atoms with van der Waals surface area (Å²) in [5.74, 6) is 1.84. The van der Waals surface area contributed by atoms with Crippen molar-refractivity contribution < 1.29 is 4.79 Å². The summed E-state index contributed by atoms with van der Waals surface area (Å²) >= 11 is 0. The lowest BCUT2D eigenvalue weighted by molar-refractivity contribution is -0.125. The second-order valence-electron chi connectivity index (χ2n) is 5.92. The van der Waals surface area contributed by atoms with Gasteiger partial charge in [0.25, 0.3) is 0 Å². The number of carbonyl (C=O) groups is 1. The van der Waals surface area contributed by atoms with Crippen LogP contribution in [0.4, 0.5) is 0 Å². The lowest BCUT2D eigenvalue weighted by Gasteiger charge is -2.11. The molecular weight excluding hydrogens is 288 g/mol. The van der Waals surface area contributed by atoms with Crippen LogP contribution in [0.2, 0.25) is 0 Å². The van der Waals surface area contributed by atoms with Gasteiger partial charge in [0, 0.05) is 25.3 Å². The van der Waals surface area contributed by atoms with E-state index in [4.69, 9.17) is 0 Å². The average Bonchev–Trinajstić information content (AvgIpc) is 2.98. The SMILES string of the molecule is CCC(CC)C(=O)NCCc1n[nH]c(Cc2ccc(C)cc2)n1. The maximum Gasteiger partial charge on any atom is 0.223 e. The second-order valence-corrected chi connectivity index (χ2v) is 5.92. The van der Waals surface area contributed by atoms with E-state index in [1.54, 1.807) is 0 Å². The number of hydrogen-bond donors (Lipinski definition) is 2. The topological polar surface area (TPSA) is 70.7 Å². The minimum absolute atomic E-state index is 0.110. The average molecular weight is 314 g/mol. The van der Waals surface area contributed by atoms with Crippen molar-refractivity contribution >= 4 is 5.91 Å². The lowest BCUT2D eigenvalue weighted by Crippen LogP contribution is -2.31. The minimum atomic E-state index is 0.110. The smallest absolute Gasteiger partial charge is 0.223 e. The number of nitrogens with one attached hydrogen (secondary N) is 2. The molecule has 0 saturated carbocycles. The third-order valence-electron chi connectivity index (χ3n) is 4.07. The van der Waals surface area contributed by atoms with E-state index in [-0.39, 0.29) is 11.8 Å². The van der Waals surface area contributed by atoms with Crippen LogP contribution in [0.25, 0.3) is 0 Å². The highest BCUT2D eigenvalue weighted by Crippen LogP contribution is 2.08. The van der Waals surface area contributed by atoms with E-state index in [1.165, 1.54) is 11.1 Å². The number of benzene rings is 1. The predicted octanol–water partition coefficient (Wildman–Crippen LogP) is 2.80. The largest absolute Gasteiger partial charge is 0.355 e. The molecule has 2 rings (SSSR count). The molecule has 1 aromatic heterocycles. The van der Waals surface area contributed by atoms with Crippen molar-refractivity contribution in [2.24, 2.45) is 5.92 Å².